The van der Waals surface area contributed by atoms with Crippen LogP contribution >= 0.6 is 15.9 Å². The third-order valence-electron chi connectivity index (χ3n) is 3.65. The van der Waals surface area contributed by atoms with E-state index in [4.69, 9.17) is 0 Å². The van der Waals surface area contributed by atoms with Crippen LogP contribution in [-0.4, -0.2) is 31.1 Å². The smallest absolute Gasteiger partial charge is 0.269 e. The van der Waals surface area contributed by atoms with E-state index in [0.717, 1.165) is 10.0 Å². The van der Waals surface area contributed by atoms with Crippen LogP contribution in [0.15, 0.2) is 51.8 Å². The van der Waals surface area contributed by atoms with Crippen LogP contribution in [0.4, 0.5) is 5.69 Å². The molecule has 1 N–H and O–H groups in total. The Hall–Kier alpha value is -2.19. The van der Waals surface area contributed by atoms with Crippen LogP contribution in [-0.2, 0) is 14.8 Å². The summed E-state index contributed by atoms with van der Waals surface area (Å²) < 4.78 is 26.2. The highest BCUT2D eigenvalue weighted by Gasteiger charge is 2.41. The summed E-state index contributed by atoms with van der Waals surface area (Å²) in [6, 6.07) is 11.1. The van der Waals surface area contributed by atoms with Gasteiger partial charge in [-0.15, -0.1) is 0 Å². The first-order chi connectivity index (χ1) is 11.3. The van der Waals surface area contributed by atoms with E-state index in [-0.39, 0.29) is 10.5 Å². The molecule has 6 nitrogen and oxygen atoms in total. The largest absolute Gasteiger partial charge is 0.324 e. The lowest BCUT2D eigenvalue weighted by atomic mass is 10.2. The molecule has 3 rings (SSSR count). The molecule has 0 aromatic heterocycles. The summed E-state index contributed by atoms with van der Waals surface area (Å²) in [6.07, 6.45) is 0. The molecule has 1 aliphatic heterocycles. The minimum atomic E-state index is -3.98. The monoisotopic (exact) mass is 408 g/mol. The third-order valence-corrected chi connectivity index (χ3v) is 6.30. The number of aryl methyl sites for hydroxylation is 1. The molecule has 0 bridgehead atoms. The highest BCUT2D eigenvalue weighted by molar-refractivity contribution is 9.10. The average molecular weight is 409 g/mol. The molecule has 0 aliphatic carbocycles. The lowest BCUT2D eigenvalue weighted by Crippen LogP contribution is -2.37. The first-order valence-electron chi connectivity index (χ1n) is 7.03. The van der Waals surface area contributed by atoms with Gasteiger partial charge in [0.15, 0.2) is 0 Å². The van der Waals surface area contributed by atoms with Crippen molar-refractivity contribution in [3.8, 4) is 0 Å². The van der Waals surface area contributed by atoms with Gasteiger partial charge in [-0.1, -0.05) is 34.1 Å². The van der Waals surface area contributed by atoms with Crippen LogP contribution in [0.3, 0.4) is 0 Å². The second-order valence-electron chi connectivity index (χ2n) is 5.33. The molecule has 1 heterocycles. The topological polar surface area (TPSA) is 83.6 Å². The zero-order chi connectivity index (χ0) is 17.5. The van der Waals surface area contributed by atoms with Gasteiger partial charge in [0.1, 0.15) is 11.4 Å². The predicted octanol–water partition coefficient (Wildman–Crippen LogP) is 2.54. The first-order valence-corrected chi connectivity index (χ1v) is 9.26. The van der Waals surface area contributed by atoms with Crippen molar-refractivity contribution in [2.75, 3.05) is 11.9 Å². The standard InChI is InChI=1S/C16H13BrN2O4S/c1-10-6-7-11(8-13(10)17)18-15(20)9-19-16(21)12-4-2-3-5-14(12)24(19,22)23/h2-8H,9H2,1H3,(H,18,20). The minimum Gasteiger partial charge on any atom is -0.324 e. The van der Waals surface area contributed by atoms with Crippen LogP contribution in [0, 0.1) is 6.92 Å². The second kappa shape index (κ2) is 6.03. The first kappa shape index (κ1) is 16.7. The molecule has 0 unspecified atom stereocenters. The van der Waals surface area contributed by atoms with E-state index >= 15 is 0 Å². The normalized spacial score (nSPS) is 15.2. The van der Waals surface area contributed by atoms with Crippen molar-refractivity contribution in [3.63, 3.8) is 0 Å². The number of nitrogens with zero attached hydrogens (tertiary/aromatic N) is 1. The Labute approximate surface area is 147 Å². The number of amides is 2. The molecule has 0 radical (unpaired) electrons. The molecule has 2 amide bonds. The summed E-state index contributed by atoms with van der Waals surface area (Å²) in [5.74, 6) is -1.28. The van der Waals surface area contributed by atoms with Gasteiger partial charge in [-0.3, -0.25) is 9.59 Å². The van der Waals surface area contributed by atoms with E-state index in [0.29, 0.717) is 9.99 Å². The molecule has 0 atom stereocenters. The second-order valence-corrected chi connectivity index (χ2v) is 8.01. The summed E-state index contributed by atoms with van der Waals surface area (Å²) in [4.78, 5) is 24.4. The van der Waals surface area contributed by atoms with Gasteiger partial charge in [0, 0.05) is 10.2 Å². The number of benzene rings is 2. The zero-order valence-corrected chi connectivity index (χ0v) is 15.0. The molecular weight excluding hydrogens is 396 g/mol. The Bertz CT molecular complexity index is 956. The van der Waals surface area contributed by atoms with E-state index in [1.54, 1.807) is 18.2 Å². The lowest BCUT2D eigenvalue weighted by molar-refractivity contribution is -0.116. The van der Waals surface area contributed by atoms with Crippen molar-refractivity contribution in [1.82, 2.24) is 4.31 Å². The molecule has 2 aromatic rings. The maximum absolute atomic E-state index is 12.4. The van der Waals surface area contributed by atoms with Crippen LogP contribution in [0.1, 0.15) is 15.9 Å². The lowest BCUT2D eigenvalue weighted by Gasteiger charge is -2.15. The van der Waals surface area contributed by atoms with Crippen molar-refractivity contribution in [3.05, 3.63) is 58.1 Å². The number of carbonyl (C=O) groups excluding carboxylic acids is 2. The average Bonchev–Trinajstić information content (AvgIpc) is 2.73. The molecule has 0 saturated heterocycles. The molecule has 24 heavy (non-hydrogen) atoms. The fourth-order valence-corrected chi connectivity index (χ4v) is 4.29. The van der Waals surface area contributed by atoms with Crippen LogP contribution in [0.25, 0.3) is 0 Å². The Morgan fingerprint density at radius 2 is 1.92 bits per heavy atom. The number of hydrogen-bond acceptors (Lipinski definition) is 4. The number of anilines is 1. The molecule has 2 aromatic carbocycles. The molecule has 124 valence electrons. The SMILES string of the molecule is Cc1ccc(NC(=O)CN2C(=O)c3ccccc3S2(=O)=O)cc1Br. The van der Waals surface area contributed by atoms with Crippen molar-refractivity contribution in [2.45, 2.75) is 11.8 Å². The number of sulfonamides is 1. The highest BCUT2D eigenvalue weighted by atomic mass is 79.9. The maximum atomic E-state index is 12.4. The van der Waals surface area contributed by atoms with Gasteiger partial charge in [0.25, 0.3) is 15.9 Å². The number of halogens is 1. The highest BCUT2D eigenvalue weighted by Crippen LogP contribution is 2.29. The van der Waals surface area contributed by atoms with Gasteiger partial charge in [0.2, 0.25) is 5.91 Å². The van der Waals surface area contributed by atoms with Gasteiger partial charge in [-0.05, 0) is 36.8 Å². The van der Waals surface area contributed by atoms with E-state index in [9.17, 15) is 18.0 Å². The number of hydrogen-bond donors (Lipinski definition) is 1. The van der Waals surface area contributed by atoms with Crippen molar-refractivity contribution < 1.29 is 18.0 Å². The molecular formula is C16H13BrN2O4S. The van der Waals surface area contributed by atoms with Gasteiger partial charge < -0.3 is 5.32 Å². The van der Waals surface area contributed by atoms with Gasteiger partial charge in [-0.25, -0.2) is 12.7 Å². The quantitative estimate of drug-likeness (QED) is 0.845. The van der Waals surface area contributed by atoms with Crippen molar-refractivity contribution in [1.29, 1.82) is 0 Å². The van der Waals surface area contributed by atoms with Crippen LogP contribution in [0.5, 0.6) is 0 Å². The van der Waals surface area contributed by atoms with Crippen molar-refractivity contribution in [2.24, 2.45) is 0 Å². The molecule has 0 fully saturated rings. The van der Waals surface area contributed by atoms with E-state index < -0.39 is 28.4 Å². The van der Waals surface area contributed by atoms with Gasteiger partial charge in [-0.2, -0.15) is 0 Å². The van der Waals surface area contributed by atoms with Crippen LogP contribution in [0.2, 0.25) is 0 Å². The predicted molar refractivity (Wildman–Crippen MR) is 92.2 cm³/mol. The Balaban J connectivity index is 1.80. The third kappa shape index (κ3) is 2.83. The van der Waals surface area contributed by atoms with E-state index in [1.807, 2.05) is 13.0 Å². The Morgan fingerprint density at radius 1 is 1.21 bits per heavy atom. The fraction of sp³-hybridized carbons (Fsp3) is 0.125. The van der Waals surface area contributed by atoms with Crippen LogP contribution < -0.4 is 5.32 Å². The summed E-state index contributed by atoms with van der Waals surface area (Å²) in [6.45, 7) is 1.34. The molecule has 0 saturated carbocycles. The summed E-state index contributed by atoms with van der Waals surface area (Å²) >= 11 is 3.36. The summed E-state index contributed by atoms with van der Waals surface area (Å²) in [5.41, 5.74) is 1.60. The maximum Gasteiger partial charge on any atom is 0.269 e. The van der Waals surface area contributed by atoms with E-state index in [1.165, 1.54) is 18.2 Å². The molecule has 0 spiro atoms. The Morgan fingerprint density at radius 3 is 2.58 bits per heavy atom. The number of rotatable bonds is 3. The minimum absolute atomic E-state index is 0.0686. The van der Waals surface area contributed by atoms with Crippen molar-refractivity contribution >= 4 is 43.5 Å². The molecule has 1 aliphatic rings. The number of fused-ring (bicyclic) bond motifs is 1. The fourth-order valence-electron chi connectivity index (χ4n) is 2.39. The van der Waals surface area contributed by atoms with E-state index in [2.05, 4.69) is 21.2 Å². The zero-order valence-electron chi connectivity index (χ0n) is 12.6. The Kier molecular flexibility index (Phi) is 4.18. The summed E-state index contributed by atoms with van der Waals surface area (Å²) in [5, 5.41) is 2.59. The number of carbonyl (C=O) groups is 2. The van der Waals surface area contributed by atoms with Gasteiger partial charge >= 0.3 is 0 Å². The van der Waals surface area contributed by atoms with Gasteiger partial charge in [0.05, 0.1) is 5.56 Å². The summed E-state index contributed by atoms with van der Waals surface area (Å²) in [7, 11) is -3.98. The number of nitrogens with one attached hydrogen (secondary N) is 1. The molecule has 8 heteroatoms.